The number of benzene rings is 2. The van der Waals surface area contributed by atoms with Crippen molar-refractivity contribution >= 4 is 32.8 Å². The van der Waals surface area contributed by atoms with E-state index in [1.807, 2.05) is 0 Å². The minimum Gasteiger partial charge on any atom is -0.378 e. The molecule has 3 aliphatic rings. The zero-order valence-corrected chi connectivity index (χ0v) is 17.6. The highest BCUT2D eigenvalue weighted by molar-refractivity contribution is 8.33. The average molecular weight is 400 g/mol. The summed E-state index contributed by atoms with van der Waals surface area (Å²) in [4.78, 5) is 7.78. The van der Waals surface area contributed by atoms with Gasteiger partial charge in [-0.15, -0.1) is 0 Å². The van der Waals surface area contributed by atoms with E-state index in [0.29, 0.717) is 0 Å². The Balaban J connectivity index is 1.51. The first kappa shape index (κ1) is 18.2. The number of morpholine rings is 2. The Morgan fingerprint density at radius 1 is 0.714 bits per heavy atom. The monoisotopic (exact) mass is 399 g/mol. The third kappa shape index (κ3) is 3.13. The van der Waals surface area contributed by atoms with Crippen molar-refractivity contribution in [1.29, 1.82) is 0 Å². The first-order valence-corrected chi connectivity index (χ1v) is 12.5. The van der Waals surface area contributed by atoms with Gasteiger partial charge in [-0.2, -0.15) is 10.0 Å². The molecular formula is C22H29N3O2S. The number of hydrogen-bond acceptors (Lipinski definition) is 5. The Hall–Kier alpha value is -1.89. The summed E-state index contributed by atoms with van der Waals surface area (Å²) < 4.78 is 11.1. The fourth-order valence-electron chi connectivity index (χ4n) is 4.37. The van der Waals surface area contributed by atoms with Gasteiger partial charge in [-0.3, -0.25) is 0 Å². The zero-order chi connectivity index (χ0) is 19.1. The largest absolute Gasteiger partial charge is 0.378 e. The second kappa shape index (κ2) is 7.17. The molecule has 0 saturated carbocycles. The Kier molecular flexibility index (Phi) is 4.65. The third-order valence-electron chi connectivity index (χ3n) is 6.05. The molecule has 6 heteroatoms. The van der Waals surface area contributed by atoms with Gasteiger partial charge in [-0.1, -0.05) is 0 Å². The van der Waals surface area contributed by atoms with Crippen molar-refractivity contribution in [1.82, 2.24) is 0 Å². The highest BCUT2D eigenvalue weighted by atomic mass is 32.3. The van der Waals surface area contributed by atoms with E-state index in [1.165, 1.54) is 32.5 Å². The molecular weight excluding hydrogens is 370 g/mol. The number of ether oxygens (including phenoxy) is 2. The van der Waals surface area contributed by atoms with Gasteiger partial charge < -0.3 is 24.6 Å². The fourth-order valence-corrected chi connectivity index (χ4v) is 6.78. The van der Waals surface area contributed by atoms with Crippen LogP contribution in [0.1, 0.15) is 0 Å². The maximum Gasteiger partial charge on any atom is 0.0642 e. The predicted molar refractivity (Wildman–Crippen MR) is 118 cm³/mol. The number of hydrogen-bond donors (Lipinski definition) is 1. The minimum atomic E-state index is -1.10. The number of fused-ring (bicyclic) bond motifs is 2. The molecule has 0 unspecified atom stereocenters. The highest BCUT2D eigenvalue weighted by Crippen LogP contribution is 2.65. The van der Waals surface area contributed by atoms with Crippen molar-refractivity contribution < 1.29 is 9.47 Å². The SMILES string of the molecule is CS1(C)c2cc(N3CCOCC3)ccc2Nc2ccc(N3CCOCC3)cc21. The average Bonchev–Trinajstić information content (AvgIpc) is 2.75. The summed E-state index contributed by atoms with van der Waals surface area (Å²) in [6.07, 6.45) is 4.86. The molecule has 0 atom stereocenters. The van der Waals surface area contributed by atoms with Gasteiger partial charge >= 0.3 is 0 Å². The first-order chi connectivity index (χ1) is 13.6. The van der Waals surface area contributed by atoms with Crippen molar-refractivity contribution in [2.45, 2.75) is 9.79 Å². The smallest absolute Gasteiger partial charge is 0.0642 e. The normalized spacial score (nSPS) is 22.1. The van der Waals surface area contributed by atoms with Crippen LogP contribution < -0.4 is 15.1 Å². The second-order valence-corrected chi connectivity index (χ2v) is 11.5. The van der Waals surface area contributed by atoms with Crippen LogP contribution >= 0.6 is 10.0 Å². The van der Waals surface area contributed by atoms with Crippen LogP contribution in [-0.2, 0) is 9.47 Å². The maximum atomic E-state index is 5.53. The van der Waals surface area contributed by atoms with E-state index in [1.54, 1.807) is 0 Å². The standard InChI is InChI=1S/C22H29N3O2S/c1-28(2)21-15-17(24-7-11-26-12-8-24)3-5-19(21)23-20-6-4-18(16-22(20)28)25-9-13-27-14-10-25/h3-6,15-16,23H,7-14H2,1-2H3. The summed E-state index contributed by atoms with van der Waals surface area (Å²) >= 11 is 0. The molecule has 2 aromatic rings. The molecule has 2 aromatic carbocycles. The number of nitrogens with one attached hydrogen (secondary N) is 1. The molecule has 0 bridgehead atoms. The first-order valence-electron chi connectivity index (χ1n) is 10.1. The molecule has 0 spiro atoms. The van der Waals surface area contributed by atoms with Crippen molar-refractivity contribution in [2.24, 2.45) is 0 Å². The molecule has 5 nitrogen and oxygen atoms in total. The van der Waals surface area contributed by atoms with Gasteiger partial charge in [-0.25, -0.2) is 0 Å². The summed E-state index contributed by atoms with van der Waals surface area (Å²) in [5, 5.41) is 3.69. The lowest BCUT2D eigenvalue weighted by Gasteiger charge is -2.42. The third-order valence-corrected chi connectivity index (χ3v) is 8.93. The second-order valence-electron chi connectivity index (χ2n) is 8.01. The zero-order valence-electron chi connectivity index (χ0n) is 16.7. The van der Waals surface area contributed by atoms with E-state index in [4.69, 9.17) is 9.47 Å². The van der Waals surface area contributed by atoms with Crippen LogP contribution in [0.5, 0.6) is 0 Å². The van der Waals surface area contributed by atoms with Crippen molar-refractivity contribution in [3.05, 3.63) is 36.4 Å². The molecule has 150 valence electrons. The molecule has 0 aliphatic carbocycles. The molecule has 1 N–H and O–H groups in total. The molecule has 0 aromatic heterocycles. The molecule has 0 radical (unpaired) electrons. The predicted octanol–water partition coefficient (Wildman–Crippen LogP) is 3.90. The van der Waals surface area contributed by atoms with Crippen LogP contribution in [0.4, 0.5) is 22.7 Å². The summed E-state index contributed by atoms with van der Waals surface area (Å²) in [6.45, 7) is 7.16. The van der Waals surface area contributed by atoms with Crippen LogP contribution in [0.3, 0.4) is 0 Å². The molecule has 2 saturated heterocycles. The highest BCUT2D eigenvalue weighted by Gasteiger charge is 2.30. The molecule has 28 heavy (non-hydrogen) atoms. The lowest BCUT2D eigenvalue weighted by molar-refractivity contribution is 0.122. The topological polar surface area (TPSA) is 37.0 Å². The van der Waals surface area contributed by atoms with E-state index in [-0.39, 0.29) is 0 Å². The van der Waals surface area contributed by atoms with Gasteiger partial charge in [0.1, 0.15) is 0 Å². The van der Waals surface area contributed by atoms with Crippen molar-refractivity contribution in [3.8, 4) is 0 Å². The van der Waals surface area contributed by atoms with Crippen LogP contribution in [0, 0.1) is 0 Å². The van der Waals surface area contributed by atoms with E-state index in [9.17, 15) is 0 Å². The van der Waals surface area contributed by atoms with Crippen molar-refractivity contribution in [3.63, 3.8) is 0 Å². The Labute approximate surface area is 168 Å². The van der Waals surface area contributed by atoms with Gasteiger partial charge in [0.05, 0.1) is 37.8 Å². The Morgan fingerprint density at radius 3 is 1.57 bits per heavy atom. The van der Waals surface area contributed by atoms with E-state index in [2.05, 4.69) is 64.0 Å². The quantitative estimate of drug-likeness (QED) is 0.829. The van der Waals surface area contributed by atoms with Crippen molar-refractivity contribution in [2.75, 3.05) is 80.2 Å². The van der Waals surface area contributed by atoms with E-state index >= 15 is 0 Å². The Bertz CT molecular complexity index is 805. The van der Waals surface area contributed by atoms with Crippen LogP contribution in [0.15, 0.2) is 46.2 Å². The molecule has 2 fully saturated rings. The van der Waals surface area contributed by atoms with E-state index < -0.39 is 10.0 Å². The van der Waals surface area contributed by atoms with Gasteiger partial charge in [0, 0.05) is 47.3 Å². The summed E-state index contributed by atoms with van der Waals surface area (Å²) in [5.74, 6) is 0. The van der Waals surface area contributed by atoms with Crippen LogP contribution in [-0.4, -0.2) is 65.1 Å². The van der Waals surface area contributed by atoms with Gasteiger partial charge in [-0.05, 0) is 48.9 Å². The summed E-state index contributed by atoms with van der Waals surface area (Å²) in [6, 6.07) is 13.8. The van der Waals surface area contributed by atoms with Gasteiger partial charge in [0.25, 0.3) is 0 Å². The molecule has 3 aliphatic heterocycles. The van der Waals surface area contributed by atoms with Gasteiger partial charge in [0.2, 0.25) is 0 Å². The number of anilines is 4. The maximum absolute atomic E-state index is 5.53. The Morgan fingerprint density at radius 2 is 1.14 bits per heavy atom. The van der Waals surface area contributed by atoms with Crippen LogP contribution in [0.25, 0.3) is 0 Å². The molecule has 5 rings (SSSR count). The fraction of sp³-hybridized carbons (Fsp3) is 0.455. The summed E-state index contributed by atoms with van der Waals surface area (Å²) in [7, 11) is -1.10. The number of nitrogens with zero attached hydrogens (tertiary/aromatic N) is 2. The van der Waals surface area contributed by atoms with Gasteiger partial charge in [0.15, 0.2) is 0 Å². The molecule has 3 heterocycles. The summed E-state index contributed by atoms with van der Waals surface area (Å²) in [5.41, 5.74) is 5.14. The van der Waals surface area contributed by atoms with Crippen LogP contribution in [0.2, 0.25) is 0 Å². The molecule has 0 amide bonds. The minimum absolute atomic E-state index is 0.817. The van der Waals surface area contributed by atoms with E-state index in [0.717, 1.165) is 52.6 Å². The lowest BCUT2D eigenvalue weighted by Crippen LogP contribution is -2.36. The number of rotatable bonds is 2. The lowest BCUT2D eigenvalue weighted by atomic mass is 10.2.